The van der Waals surface area contributed by atoms with Crippen molar-refractivity contribution in [1.82, 2.24) is 9.55 Å². The molecule has 7 aromatic carbocycles. The van der Waals surface area contributed by atoms with Crippen LogP contribution in [0.2, 0.25) is 0 Å². The van der Waals surface area contributed by atoms with Crippen LogP contribution in [0.15, 0.2) is 140 Å². The molecule has 0 fully saturated rings. The molecule has 0 aliphatic carbocycles. The van der Waals surface area contributed by atoms with Crippen LogP contribution in [0.3, 0.4) is 0 Å². The van der Waals surface area contributed by atoms with E-state index in [-0.39, 0.29) is 0 Å². The predicted octanol–water partition coefficient (Wildman–Crippen LogP) is 10.9. The SMILES string of the molecule is CCc1nc2cccc3c2n1-c1ccc(-c2c4ccccc4c(-c4ccc(C#N)cc4)c4ccccc24)cc1N3c1ccccc1. The summed E-state index contributed by atoms with van der Waals surface area (Å²) in [4.78, 5) is 7.45. The van der Waals surface area contributed by atoms with Gasteiger partial charge in [0.1, 0.15) is 5.82 Å². The van der Waals surface area contributed by atoms with Gasteiger partial charge in [-0.1, -0.05) is 97.9 Å². The summed E-state index contributed by atoms with van der Waals surface area (Å²) in [6.45, 7) is 2.18. The lowest BCUT2D eigenvalue weighted by Crippen LogP contribution is -2.19. The summed E-state index contributed by atoms with van der Waals surface area (Å²) in [6.07, 6.45) is 0.840. The standard InChI is InChI=1S/C42H28N4/c1-2-39-44-35-17-10-18-37-42(35)46(39)36-24-23-29(25-38(36)45(37)30-11-4-3-5-12-30)41-33-15-8-6-13-31(33)40(32-14-7-9-16-34(32)41)28-21-19-27(26-43)20-22-28/h3-25H,2H2,1H3. The molecule has 1 aliphatic heterocycles. The predicted molar refractivity (Wildman–Crippen MR) is 189 cm³/mol. The first-order chi connectivity index (χ1) is 22.7. The van der Waals surface area contributed by atoms with E-state index < -0.39 is 0 Å². The highest BCUT2D eigenvalue weighted by Crippen LogP contribution is 2.50. The topological polar surface area (TPSA) is 44.9 Å². The van der Waals surface area contributed by atoms with Crippen molar-refractivity contribution in [3.05, 3.63) is 151 Å². The number of anilines is 3. The van der Waals surface area contributed by atoms with Gasteiger partial charge in [-0.15, -0.1) is 0 Å². The van der Waals surface area contributed by atoms with E-state index in [1.165, 1.54) is 32.7 Å². The number of nitrogens with zero attached hydrogens (tertiary/aromatic N) is 4. The second-order valence-corrected chi connectivity index (χ2v) is 11.8. The molecule has 4 nitrogen and oxygen atoms in total. The zero-order chi connectivity index (χ0) is 30.8. The molecule has 9 rings (SSSR count). The fourth-order valence-electron chi connectivity index (χ4n) is 7.33. The van der Waals surface area contributed by atoms with Crippen LogP contribution < -0.4 is 4.90 Å². The summed E-state index contributed by atoms with van der Waals surface area (Å²) in [7, 11) is 0. The van der Waals surface area contributed by atoms with Gasteiger partial charge in [0.05, 0.1) is 39.7 Å². The Morgan fingerprint density at radius 3 is 1.83 bits per heavy atom. The minimum atomic E-state index is 0.661. The first-order valence-corrected chi connectivity index (χ1v) is 15.7. The average molecular weight is 589 g/mol. The van der Waals surface area contributed by atoms with Crippen LogP contribution in [0.25, 0.3) is 60.5 Å². The van der Waals surface area contributed by atoms with Crippen LogP contribution in [0, 0.1) is 11.3 Å². The first kappa shape index (κ1) is 26.2. The summed E-state index contributed by atoms with van der Waals surface area (Å²) < 4.78 is 2.35. The van der Waals surface area contributed by atoms with Crippen molar-refractivity contribution >= 4 is 49.6 Å². The molecule has 0 unspecified atom stereocenters. The molecule has 0 amide bonds. The number of fused-ring (bicyclic) bond motifs is 4. The minimum absolute atomic E-state index is 0.661. The molecule has 216 valence electrons. The molecule has 0 bridgehead atoms. The first-order valence-electron chi connectivity index (χ1n) is 15.7. The van der Waals surface area contributed by atoms with Crippen LogP contribution >= 0.6 is 0 Å². The number of rotatable bonds is 4. The summed E-state index contributed by atoms with van der Waals surface area (Å²) in [5.74, 6) is 1.06. The largest absolute Gasteiger partial charge is 0.306 e. The Labute approximate surface area is 267 Å². The lowest BCUT2D eigenvalue weighted by atomic mass is 9.85. The van der Waals surface area contributed by atoms with E-state index in [2.05, 4.69) is 150 Å². The molecule has 0 N–H and O–H groups in total. The summed E-state index contributed by atoms with van der Waals surface area (Å²) in [6, 6.07) is 51.6. The number of para-hydroxylation sites is 2. The molecule has 1 aliphatic rings. The molecule has 0 spiro atoms. The third-order valence-electron chi connectivity index (χ3n) is 9.28. The van der Waals surface area contributed by atoms with Crippen molar-refractivity contribution in [2.75, 3.05) is 4.90 Å². The zero-order valence-electron chi connectivity index (χ0n) is 25.3. The molecular formula is C42H28N4. The van der Waals surface area contributed by atoms with E-state index >= 15 is 0 Å². The van der Waals surface area contributed by atoms with E-state index in [1.54, 1.807) is 0 Å². The van der Waals surface area contributed by atoms with Gasteiger partial charge in [-0.05, 0) is 92.3 Å². The van der Waals surface area contributed by atoms with Gasteiger partial charge in [0.2, 0.25) is 0 Å². The second kappa shape index (κ2) is 10.2. The molecule has 0 saturated heterocycles. The van der Waals surface area contributed by atoms with Crippen LogP contribution in [0.4, 0.5) is 17.1 Å². The fraction of sp³-hybridized carbons (Fsp3) is 0.0476. The van der Waals surface area contributed by atoms with Gasteiger partial charge in [0.25, 0.3) is 0 Å². The van der Waals surface area contributed by atoms with Crippen molar-refractivity contribution in [1.29, 1.82) is 5.26 Å². The molecule has 1 aromatic heterocycles. The van der Waals surface area contributed by atoms with E-state index in [0.717, 1.165) is 57.2 Å². The molecular weight excluding hydrogens is 560 g/mol. The Hall–Kier alpha value is -6.18. The number of aromatic nitrogens is 2. The Morgan fingerprint density at radius 1 is 0.587 bits per heavy atom. The molecule has 0 atom stereocenters. The number of hydrogen-bond acceptors (Lipinski definition) is 3. The Bertz CT molecular complexity index is 2460. The smallest absolute Gasteiger partial charge is 0.114 e. The zero-order valence-corrected chi connectivity index (χ0v) is 25.3. The van der Waals surface area contributed by atoms with E-state index in [0.29, 0.717) is 5.56 Å². The third kappa shape index (κ3) is 3.76. The van der Waals surface area contributed by atoms with E-state index in [1.807, 2.05) is 12.1 Å². The Morgan fingerprint density at radius 2 is 1.20 bits per heavy atom. The molecule has 46 heavy (non-hydrogen) atoms. The average Bonchev–Trinajstić information content (AvgIpc) is 3.51. The van der Waals surface area contributed by atoms with Gasteiger partial charge in [-0.3, -0.25) is 4.57 Å². The molecule has 2 heterocycles. The number of imidazole rings is 1. The molecule has 0 radical (unpaired) electrons. The number of nitriles is 1. The van der Waals surface area contributed by atoms with Gasteiger partial charge in [-0.25, -0.2) is 4.98 Å². The van der Waals surface area contributed by atoms with Crippen LogP contribution in [0.5, 0.6) is 0 Å². The van der Waals surface area contributed by atoms with Gasteiger partial charge in [0.15, 0.2) is 0 Å². The maximum Gasteiger partial charge on any atom is 0.114 e. The van der Waals surface area contributed by atoms with Gasteiger partial charge < -0.3 is 4.90 Å². The van der Waals surface area contributed by atoms with Gasteiger partial charge >= 0.3 is 0 Å². The lowest BCUT2D eigenvalue weighted by Gasteiger charge is -2.33. The van der Waals surface area contributed by atoms with Crippen molar-refractivity contribution in [2.45, 2.75) is 13.3 Å². The highest BCUT2D eigenvalue weighted by molar-refractivity contribution is 6.21. The maximum atomic E-state index is 9.44. The van der Waals surface area contributed by atoms with Crippen molar-refractivity contribution in [2.24, 2.45) is 0 Å². The molecule has 4 heteroatoms. The summed E-state index contributed by atoms with van der Waals surface area (Å²) in [5.41, 5.74) is 12.0. The molecule has 8 aromatic rings. The van der Waals surface area contributed by atoms with Crippen molar-refractivity contribution < 1.29 is 0 Å². The lowest BCUT2D eigenvalue weighted by molar-refractivity contribution is 0.900. The number of hydrogen-bond donors (Lipinski definition) is 0. The van der Waals surface area contributed by atoms with E-state index in [9.17, 15) is 5.26 Å². The fourth-order valence-corrected chi connectivity index (χ4v) is 7.33. The van der Waals surface area contributed by atoms with Crippen molar-refractivity contribution in [3.8, 4) is 34.0 Å². The van der Waals surface area contributed by atoms with E-state index in [4.69, 9.17) is 4.98 Å². The van der Waals surface area contributed by atoms with Gasteiger partial charge in [-0.2, -0.15) is 5.26 Å². The second-order valence-electron chi connectivity index (χ2n) is 11.8. The number of benzene rings is 7. The summed E-state index contributed by atoms with van der Waals surface area (Å²) in [5, 5.41) is 14.2. The van der Waals surface area contributed by atoms with Crippen LogP contribution in [0.1, 0.15) is 18.3 Å². The Kier molecular flexibility index (Phi) is 5.81. The van der Waals surface area contributed by atoms with Crippen LogP contribution in [-0.4, -0.2) is 9.55 Å². The summed E-state index contributed by atoms with van der Waals surface area (Å²) >= 11 is 0. The van der Waals surface area contributed by atoms with Crippen molar-refractivity contribution in [3.63, 3.8) is 0 Å². The quantitative estimate of drug-likeness (QED) is 0.192. The monoisotopic (exact) mass is 588 g/mol. The third-order valence-corrected chi connectivity index (χ3v) is 9.28. The number of aryl methyl sites for hydroxylation is 1. The highest BCUT2D eigenvalue weighted by atomic mass is 15.2. The highest BCUT2D eigenvalue weighted by Gasteiger charge is 2.29. The van der Waals surface area contributed by atoms with Gasteiger partial charge in [0, 0.05) is 12.1 Å². The normalized spacial score (nSPS) is 12.0. The maximum absolute atomic E-state index is 9.44. The minimum Gasteiger partial charge on any atom is -0.306 e. The van der Waals surface area contributed by atoms with Crippen LogP contribution in [-0.2, 0) is 6.42 Å². The Balaban J connectivity index is 1.36. The molecule has 0 saturated carbocycles.